The summed E-state index contributed by atoms with van der Waals surface area (Å²) >= 11 is 0. The van der Waals surface area contributed by atoms with Crippen LogP contribution in [0.3, 0.4) is 0 Å². The quantitative estimate of drug-likeness (QED) is 0.664. The first-order valence-electron chi connectivity index (χ1n) is 8.77. The number of nitrogens with zero attached hydrogens (tertiary/aromatic N) is 7. The maximum absolute atomic E-state index is 15.2. The fourth-order valence-corrected chi connectivity index (χ4v) is 5.09. The average Bonchev–Trinajstić information content (AvgIpc) is 3.29. The van der Waals surface area contributed by atoms with Gasteiger partial charge in [0.05, 0.1) is 29.2 Å². The highest BCUT2D eigenvalue weighted by atomic mass is 32.2. The van der Waals surface area contributed by atoms with E-state index in [4.69, 9.17) is 0 Å². The third-order valence-electron chi connectivity index (χ3n) is 5.48. The molecular weight excluding hydrogens is 406 g/mol. The van der Waals surface area contributed by atoms with Gasteiger partial charge in [-0.25, -0.2) is 18.4 Å². The molecule has 1 saturated heterocycles. The van der Waals surface area contributed by atoms with Crippen LogP contribution in [0.5, 0.6) is 0 Å². The van der Waals surface area contributed by atoms with Gasteiger partial charge in [0.15, 0.2) is 5.69 Å². The predicted molar refractivity (Wildman–Crippen MR) is 95.1 cm³/mol. The summed E-state index contributed by atoms with van der Waals surface area (Å²) in [6.45, 7) is 1.41. The maximum Gasteiger partial charge on any atom is 0.321 e. The van der Waals surface area contributed by atoms with Crippen LogP contribution in [0, 0.1) is 11.3 Å². The Balaban J connectivity index is 1.65. The van der Waals surface area contributed by atoms with Crippen molar-refractivity contribution in [1.29, 1.82) is 5.26 Å². The van der Waals surface area contributed by atoms with Crippen molar-refractivity contribution >= 4 is 21.1 Å². The topological polar surface area (TPSA) is 133 Å². The summed E-state index contributed by atoms with van der Waals surface area (Å²) in [5, 5.41) is 17.7. The van der Waals surface area contributed by atoms with Crippen LogP contribution < -0.4 is 0 Å². The Morgan fingerprint density at radius 1 is 1.28 bits per heavy atom. The lowest BCUT2D eigenvalue weighted by molar-refractivity contribution is 0.0305. The molecule has 1 aliphatic heterocycles. The molecular formula is C16H14F2N8O2S. The summed E-state index contributed by atoms with van der Waals surface area (Å²) in [7, 11) is -3.47. The number of H-pyrrole nitrogens is 1. The fraction of sp³-hybridized carbons (Fsp3) is 0.438. The minimum atomic E-state index is -3.47. The third-order valence-corrected chi connectivity index (χ3v) is 7.25. The second kappa shape index (κ2) is 5.55. The van der Waals surface area contributed by atoms with E-state index in [1.165, 1.54) is 23.8 Å². The van der Waals surface area contributed by atoms with Crippen molar-refractivity contribution in [2.24, 2.45) is 0 Å². The number of fused-ring (bicyclic) bond motifs is 2. The van der Waals surface area contributed by atoms with E-state index < -0.39 is 27.2 Å². The van der Waals surface area contributed by atoms with Gasteiger partial charge in [-0.3, -0.25) is 0 Å². The fourth-order valence-electron chi connectivity index (χ4n) is 3.85. The molecule has 10 nitrogen and oxygen atoms in total. The molecule has 1 fully saturated rings. The van der Waals surface area contributed by atoms with Crippen molar-refractivity contribution in [2.75, 3.05) is 18.8 Å². The Morgan fingerprint density at radius 2 is 2.03 bits per heavy atom. The molecule has 0 unspecified atom stereocenters. The molecule has 0 saturated carbocycles. The van der Waals surface area contributed by atoms with E-state index in [0.29, 0.717) is 0 Å². The molecule has 0 radical (unpaired) electrons. The van der Waals surface area contributed by atoms with E-state index in [0.717, 1.165) is 4.80 Å². The monoisotopic (exact) mass is 420 g/mol. The Morgan fingerprint density at radius 3 is 2.72 bits per heavy atom. The summed E-state index contributed by atoms with van der Waals surface area (Å²) < 4.78 is 55.7. The van der Waals surface area contributed by atoms with Gasteiger partial charge < -0.3 is 4.98 Å². The van der Waals surface area contributed by atoms with Gasteiger partial charge in [-0.2, -0.15) is 33.3 Å². The van der Waals surface area contributed by atoms with E-state index >= 15 is 8.78 Å². The number of aromatic amines is 1. The van der Waals surface area contributed by atoms with Gasteiger partial charge in [0, 0.05) is 19.3 Å². The number of hydrogen-bond donors (Lipinski definition) is 1. The van der Waals surface area contributed by atoms with E-state index in [1.54, 1.807) is 0 Å². The van der Waals surface area contributed by atoms with Gasteiger partial charge in [0.2, 0.25) is 10.0 Å². The third kappa shape index (κ3) is 2.24. The van der Waals surface area contributed by atoms with Gasteiger partial charge in [-0.15, -0.1) is 0 Å². The summed E-state index contributed by atoms with van der Waals surface area (Å²) in [5.41, 5.74) is -1.57. The van der Waals surface area contributed by atoms with Crippen LogP contribution in [0.2, 0.25) is 0 Å². The second-order valence-corrected chi connectivity index (χ2v) is 9.39. The standard InChI is InChI=1S/C16H14F2N8O2S/c1-2-29(27,28)25-6-15(7-25,3-4-19)26-23-12-11-10-9(16(17,18)13(12)24-26)5-20-14(10)22-8-21-11/h5,8H,2-3,6-7H2,1H3,(H,20,21,22). The summed E-state index contributed by atoms with van der Waals surface area (Å²) in [6.07, 6.45) is 2.30. The molecule has 0 spiro atoms. The first kappa shape index (κ1) is 18.1. The number of sulfonamides is 1. The first-order valence-corrected chi connectivity index (χ1v) is 10.4. The zero-order valence-corrected chi connectivity index (χ0v) is 15.9. The van der Waals surface area contributed by atoms with Crippen LogP contribution in [0.15, 0.2) is 12.5 Å². The van der Waals surface area contributed by atoms with Crippen LogP contribution in [0.25, 0.3) is 22.4 Å². The molecule has 0 atom stereocenters. The second-order valence-electron chi connectivity index (χ2n) is 7.14. The van der Waals surface area contributed by atoms with Crippen molar-refractivity contribution in [3.63, 3.8) is 0 Å². The number of nitriles is 1. The van der Waals surface area contributed by atoms with Crippen molar-refractivity contribution in [3.05, 3.63) is 23.8 Å². The van der Waals surface area contributed by atoms with Crippen LogP contribution in [-0.4, -0.2) is 61.5 Å². The van der Waals surface area contributed by atoms with Crippen molar-refractivity contribution in [1.82, 2.24) is 34.3 Å². The minimum absolute atomic E-state index is 0.0536. The summed E-state index contributed by atoms with van der Waals surface area (Å²) in [4.78, 5) is 11.9. The predicted octanol–water partition coefficient (Wildman–Crippen LogP) is 0.944. The highest BCUT2D eigenvalue weighted by Crippen LogP contribution is 2.48. The van der Waals surface area contributed by atoms with Gasteiger partial charge in [-0.05, 0) is 6.92 Å². The summed E-state index contributed by atoms with van der Waals surface area (Å²) in [6, 6.07) is 1.99. The van der Waals surface area contributed by atoms with Gasteiger partial charge in [0.25, 0.3) is 0 Å². The largest absolute Gasteiger partial charge is 0.346 e. The van der Waals surface area contributed by atoms with E-state index in [2.05, 4.69) is 25.1 Å². The van der Waals surface area contributed by atoms with Gasteiger partial charge in [-0.1, -0.05) is 0 Å². The van der Waals surface area contributed by atoms with Gasteiger partial charge >= 0.3 is 5.92 Å². The SMILES string of the molecule is CCS(=O)(=O)N1CC(CC#N)(n2nc3c(n2)C(F)(F)c2c[nH]c4ncnc-3c24)C1. The Hall–Kier alpha value is -2.98. The average molecular weight is 420 g/mol. The molecule has 0 amide bonds. The molecule has 2 aliphatic rings. The number of nitrogens with one attached hydrogen (secondary N) is 1. The minimum Gasteiger partial charge on any atom is -0.346 e. The lowest BCUT2D eigenvalue weighted by Crippen LogP contribution is -2.64. The highest BCUT2D eigenvalue weighted by Gasteiger charge is 2.54. The smallest absolute Gasteiger partial charge is 0.321 e. The van der Waals surface area contributed by atoms with Crippen molar-refractivity contribution in [2.45, 2.75) is 24.8 Å². The Kier molecular flexibility index (Phi) is 3.46. The zero-order chi connectivity index (χ0) is 20.6. The number of rotatable bonds is 4. The molecule has 13 heteroatoms. The number of halogens is 2. The molecule has 1 aliphatic carbocycles. The molecule has 1 N–H and O–H groups in total. The van der Waals surface area contributed by atoms with Crippen LogP contribution in [0.4, 0.5) is 8.78 Å². The lowest BCUT2D eigenvalue weighted by atomic mass is 9.90. The summed E-state index contributed by atoms with van der Waals surface area (Å²) in [5.74, 6) is -3.53. The molecule has 3 aromatic rings. The van der Waals surface area contributed by atoms with E-state index in [1.807, 2.05) is 6.07 Å². The van der Waals surface area contributed by atoms with Crippen molar-refractivity contribution < 1.29 is 17.2 Å². The normalized spacial score (nSPS) is 19.5. The molecule has 3 aromatic heterocycles. The zero-order valence-electron chi connectivity index (χ0n) is 15.1. The molecule has 150 valence electrons. The van der Waals surface area contributed by atoms with Crippen molar-refractivity contribution in [3.8, 4) is 17.5 Å². The highest BCUT2D eigenvalue weighted by molar-refractivity contribution is 7.89. The Labute approximate surface area is 163 Å². The molecule has 29 heavy (non-hydrogen) atoms. The van der Waals surface area contributed by atoms with E-state index in [9.17, 15) is 13.7 Å². The van der Waals surface area contributed by atoms with Crippen LogP contribution in [-0.2, 0) is 21.5 Å². The number of alkyl halides is 2. The van der Waals surface area contributed by atoms with E-state index in [-0.39, 0.29) is 53.2 Å². The number of aromatic nitrogens is 6. The molecule has 0 bridgehead atoms. The van der Waals surface area contributed by atoms with Gasteiger partial charge in [0.1, 0.15) is 28.9 Å². The first-order chi connectivity index (χ1) is 13.7. The number of hydrogen-bond acceptors (Lipinski definition) is 7. The maximum atomic E-state index is 15.2. The molecule has 4 heterocycles. The van der Waals surface area contributed by atoms with Crippen LogP contribution >= 0.6 is 0 Å². The van der Waals surface area contributed by atoms with Crippen LogP contribution in [0.1, 0.15) is 24.6 Å². The molecule has 0 aromatic carbocycles. The lowest BCUT2D eigenvalue weighted by Gasteiger charge is -2.46. The molecule has 5 rings (SSSR count). The Bertz CT molecular complexity index is 1300.